The highest BCUT2D eigenvalue weighted by molar-refractivity contribution is 5.89. The predicted octanol–water partition coefficient (Wildman–Crippen LogP) is 3.24. The van der Waals surface area contributed by atoms with Gasteiger partial charge in [0.25, 0.3) is 5.69 Å². The highest BCUT2D eigenvalue weighted by Crippen LogP contribution is 2.50. The van der Waals surface area contributed by atoms with E-state index in [0.29, 0.717) is 11.8 Å². The molecule has 1 fully saturated rings. The molecule has 0 amide bonds. The monoisotopic (exact) mass is 255 g/mol. The van der Waals surface area contributed by atoms with E-state index < -0.39 is 0 Å². The number of nitro benzene ring substituents is 1. The molecule has 0 radical (unpaired) electrons. The summed E-state index contributed by atoms with van der Waals surface area (Å²) in [6, 6.07) is 9.15. The van der Waals surface area contributed by atoms with E-state index in [1.54, 1.807) is 12.1 Å². The van der Waals surface area contributed by atoms with Gasteiger partial charge in [0.1, 0.15) is 0 Å². The molecule has 0 atom stereocenters. The van der Waals surface area contributed by atoms with E-state index in [1.165, 1.54) is 6.07 Å². The molecular weight excluding hydrogens is 242 g/mol. The summed E-state index contributed by atoms with van der Waals surface area (Å²) in [5.41, 5.74) is 1.10. The van der Waals surface area contributed by atoms with Gasteiger partial charge in [-0.2, -0.15) is 5.26 Å². The molecule has 0 N–H and O–H groups in total. The lowest BCUT2D eigenvalue weighted by Gasteiger charge is -2.13. The fourth-order valence-corrected chi connectivity index (χ4v) is 2.60. The zero-order chi connectivity index (χ0) is 13.5. The van der Waals surface area contributed by atoms with Gasteiger partial charge in [-0.1, -0.05) is 6.07 Å². The molecule has 0 saturated heterocycles. The van der Waals surface area contributed by atoms with E-state index in [1.807, 2.05) is 16.8 Å². The number of nitrogens with zero attached hydrogens (tertiary/aromatic N) is 3. The number of hydrogen-bond acceptors (Lipinski definition) is 3. The molecule has 0 aliphatic heterocycles. The lowest BCUT2D eigenvalue weighted by atomic mass is 10.0. The Balaban J connectivity index is 2.00. The second-order valence-electron chi connectivity index (χ2n) is 5.25. The minimum atomic E-state index is -0.352. The van der Waals surface area contributed by atoms with Crippen LogP contribution in [0.4, 0.5) is 5.69 Å². The average molecular weight is 255 g/mol. The van der Waals surface area contributed by atoms with Gasteiger partial charge in [0.15, 0.2) is 0 Å². The van der Waals surface area contributed by atoms with Crippen LogP contribution >= 0.6 is 0 Å². The first-order valence-corrected chi connectivity index (χ1v) is 6.24. The molecule has 5 heteroatoms. The smallest absolute Gasteiger partial charge is 0.278 e. The minimum Gasteiger partial charge on any atom is -0.347 e. The van der Waals surface area contributed by atoms with Gasteiger partial charge >= 0.3 is 0 Å². The summed E-state index contributed by atoms with van der Waals surface area (Å²) in [7, 11) is 0. The number of nitriles is 1. The largest absolute Gasteiger partial charge is 0.347 e. The zero-order valence-electron chi connectivity index (χ0n) is 10.4. The van der Waals surface area contributed by atoms with Crippen molar-refractivity contribution in [1.82, 2.24) is 4.57 Å². The number of fused-ring (bicyclic) bond motifs is 1. The number of non-ortho nitro benzene ring substituents is 1. The van der Waals surface area contributed by atoms with Crippen LogP contribution in [-0.2, 0) is 6.54 Å². The lowest BCUT2D eigenvalue weighted by Crippen LogP contribution is -2.10. The summed E-state index contributed by atoms with van der Waals surface area (Å²) in [6.45, 7) is 0.769. The van der Waals surface area contributed by atoms with Crippen LogP contribution in [0, 0.1) is 26.9 Å². The minimum absolute atomic E-state index is 0.0886. The molecule has 1 aliphatic rings. The number of rotatable bonds is 4. The first-order valence-electron chi connectivity index (χ1n) is 6.24. The van der Waals surface area contributed by atoms with E-state index in [4.69, 9.17) is 5.26 Å². The molecular formula is C14H13N3O2. The topological polar surface area (TPSA) is 71.9 Å². The summed E-state index contributed by atoms with van der Waals surface area (Å²) in [6.07, 6.45) is 4.57. The molecule has 1 aromatic carbocycles. The molecule has 1 aliphatic carbocycles. The van der Waals surface area contributed by atoms with Gasteiger partial charge in [-0.05, 0) is 25.0 Å². The molecule has 0 spiro atoms. The third-order valence-corrected chi connectivity index (χ3v) is 3.90. The van der Waals surface area contributed by atoms with Crippen molar-refractivity contribution >= 4 is 16.6 Å². The summed E-state index contributed by atoms with van der Waals surface area (Å²) in [5.74, 6) is 0. The van der Waals surface area contributed by atoms with Gasteiger partial charge in [0.2, 0.25) is 0 Å². The first-order chi connectivity index (χ1) is 9.15. The van der Waals surface area contributed by atoms with Gasteiger partial charge < -0.3 is 4.57 Å². The van der Waals surface area contributed by atoms with Gasteiger partial charge in [0.05, 0.1) is 21.9 Å². The van der Waals surface area contributed by atoms with Crippen molar-refractivity contribution in [2.24, 2.45) is 5.41 Å². The van der Waals surface area contributed by atoms with Crippen LogP contribution in [0.1, 0.15) is 19.3 Å². The van der Waals surface area contributed by atoms with Crippen molar-refractivity contribution in [3.63, 3.8) is 0 Å². The summed E-state index contributed by atoms with van der Waals surface area (Å²) >= 11 is 0. The van der Waals surface area contributed by atoms with Gasteiger partial charge in [-0.15, -0.1) is 0 Å². The van der Waals surface area contributed by atoms with Crippen LogP contribution in [0.25, 0.3) is 10.9 Å². The van der Waals surface area contributed by atoms with Gasteiger partial charge in [-0.3, -0.25) is 10.1 Å². The van der Waals surface area contributed by atoms with E-state index in [-0.39, 0.29) is 16.0 Å². The summed E-state index contributed by atoms with van der Waals surface area (Å²) < 4.78 is 2.03. The number of nitro groups is 1. The quantitative estimate of drug-likeness (QED) is 0.621. The highest BCUT2D eigenvalue weighted by atomic mass is 16.6. The molecule has 0 bridgehead atoms. The number of hydrogen-bond donors (Lipinski definition) is 0. The summed E-state index contributed by atoms with van der Waals surface area (Å²) in [5, 5.41) is 20.5. The normalized spacial score (nSPS) is 16.2. The molecule has 1 saturated carbocycles. The Morgan fingerprint density at radius 3 is 2.84 bits per heavy atom. The van der Waals surface area contributed by atoms with Crippen molar-refractivity contribution in [2.45, 2.75) is 25.8 Å². The lowest BCUT2D eigenvalue weighted by molar-refractivity contribution is -0.383. The fraction of sp³-hybridized carbons (Fsp3) is 0.357. The number of aromatic nitrogens is 1. The van der Waals surface area contributed by atoms with Crippen molar-refractivity contribution in [3.8, 4) is 6.07 Å². The van der Waals surface area contributed by atoms with Gasteiger partial charge in [0, 0.05) is 30.6 Å². The van der Waals surface area contributed by atoms with E-state index >= 15 is 0 Å². The van der Waals surface area contributed by atoms with Crippen LogP contribution in [0.5, 0.6) is 0 Å². The maximum atomic E-state index is 11.0. The molecule has 1 heterocycles. The Morgan fingerprint density at radius 2 is 2.21 bits per heavy atom. The molecule has 0 unspecified atom stereocenters. The Morgan fingerprint density at radius 1 is 1.42 bits per heavy atom. The maximum Gasteiger partial charge on any atom is 0.278 e. The van der Waals surface area contributed by atoms with Crippen molar-refractivity contribution in [1.29, 1.82) is 5.26 Å². The van der Waals surface area contributed by atoms with Gasteiger partial charge in [-0.25, -0.2) is 0 Å². The Labute approximate surface area is 110 Å². The fourth-order valence-electron chi connectivity index (χ4n) is 2.60. The molecule has 96 valence electrons. The zero-order valence-corrected chi connectivity index (χ0v) is 10.4. The van der Waals surface area contributed by atoms with Crippen LogP contribution in [0.15, 0.2) is 30.5 Å². The Bertz CT molecular complexity index is 692. The van der Waals surface area contributed by atoms with Crippen LogP contribution in [-0.4, -0.2) is 9.49 Å². The van der Waals surface area contributed by atoms with Crippen LogP contribution < -0.4 is 0 Å². The van der Waals surface area contributed by atoms with Crippen LogP contribution in [0.2, 0.25) is 0 Å². The van der Waals surface area contributed by atoms with Crippen molar-refractivity contribution < 1.29 is 4.92 Å². The maximum absolute atomic E-state index is 11.0. The third kappa shape index (κ3) is 1.95. The number of benzene rings is 1. The Hall–Kier alpha value is -2.35. The standard InChI is InChI=1S/C14H13N3O2/c15-8-7-14(5-6-14)10-16-9-4-11-12(16)2-1-3-13(11)17(18)19/h1-4,9H,5-7,10H2. The van der Waals surface area contributed by atoms with Crippen molar-refractivity contribution in [3.05, 3.63) is 40.6 Å². The average Bonchev–Trinajstić information content (AvgIpc) is 3.02. The third-order valence-electron chi connectivity index (χ3n) is 3.90. The molecule has 2 aromatic rings. The van der Waals surface area contributed by atoms with Crippen LogP contribution in [0.3, 0.4) is 0 Å². The van der Waals surface area contributed by atoms with E-state index in [0.717, 1.165) is 24.9 Å². The SMILES string of the molecule is N#CCC1(Cn2ccc3c([N+](=O)[O-])cccc32)CC1. The molecule has 19 heavy (non-hydrogen) atoms. The summed E-state index contributed by atoms with van der Waals surface area (Å²) in [4.78, 5) is 10.6. The van der Waals surface area contributed by atoms with E-state index in [9.17, 15) is 10.1 Å². The molecule has 1 aromatic heterocycles. The van der Waals surface area contributed by atoms with E-state index in [2.05, 4.69) is 6.07 Å². The molecule has 5 nitrogen and oxygen atoms in total. The highest BCUT2D eigenvalue weighted by Gasteiger charge is 2.42. The predicted molar refractivity (Wildman–Crippen MR) is 70.5 cm³/mol. The van der Waals surface area contributed by atoms with Crippen molar-refractivity contribution in [2.75, 3.05) is 0 Å². The second-order valence-corrected chi connectivity index (χ2v) is 5.25. The second kappa shape index (κ2) is 4.09. The molecule has 3 rings (SSSR count). The first kappa shape index (κ1) is 11.7. The Kier molecular flexibility index (Phi) is 2.53.